The van der Waals surface area contributed by atoms with E-state index in [1.54, 1.807) is 31.5 Å². The number of anilines is 2. The summed E-state index contributed by atoms with van der Waals surface area (Å²) in [6, 6.07) is 5.04. The lowest BCUT2D eigenvalue weighted by Crippen LogP contribution is -2.22. The highest BCUT2D eigenvalue weighted by atomic mass is 32.2. The predicted octanol–water partition coefficient (Wildman–Crippen LogP) is 0.807. The zero-order valence-electron chi connectivity index (χ0n) is 10.8. The third-order valence-electron chi connectivity index (χ3n) is 2.69. The van der Waals surface area contributed by atoms with E-state index in [1.165, 1.54) is 0 Å². The Labute approximate surface area is 110 Å². The summed E-state index contributed by atoms with van der Waals surface area (Å²) in [5, 5.41) is 5.69. The van der Waals surface area contributed by atoms with Gasteiger partial charge in [0, 0.05) is 41.5 Å². The summed E-state index contributed by atoms with van der Waals surface area (Å²) < 4.78 is 11.2. The lowest BCUT2D eigenvalue weighted by molar-refractivity contribution is 0.0963. The van der Waals surface area contributed by atoms with Crippen LogP contribution in [0.15, 0.2) is 18.2 Å². The van der Waals surface area contributed by atoms with E-state index in [9.17, 15) is 9.00 Å². The van der Waals surface area contributed by atoms with Crippen molar-refractivity contribution in [3.05, 3.63) is 23.8 Å². The molecule has 5 nitrogen and oxygen atoms in total. The second kappa shape index (κ2) is 6.39. The van der Waals surface area contributed by atoms with Gasteiger partial charge in [0.15, 0.2) is 0 Å². The fourth-order valence-electron chi connectivity index (χ4n) is 1.37. The zero-order valence-corrected chi connectivity index (χ0v) is 11.6. The highest BCUT2D eigenvalue weighted by Gasteiger charge is 2.09. The maximum absolute atomic E-state index is 11.5. The first-order valence-corrected chi connectivity index (χ1v) is 7.25. The highest BCUT2D eigenvalue weighted by Crippen LogP contribution is 2.20. The second-order valence-electron chi connectivity index (χ2n) is 4.07. The van der Waals surface area contributed by atoms with Gasteiger partial charge in [-0.15, -0.1) is 0 Å². The second-order valence-corrected chi connectivity index (χ2v) is 5.87. The fraction of sp³-hybridized carbons (Fsp3) is 0.417. The van der Waals surface area contributed by atoms with Gasteiger partial charge in [-0.1, -0.05) is 0 Å². The third kappa shape index (κ3) is 3.73. The molecule has 2 unspecified atom stereocenters. The van der Waals surface area contributed by atoms with Gasteiger partial charge in [-0.05, 0) is 25.1 Å². The van der Waals surface area contributed by atoms with Crippen molar-refractivity contribution in [2.24, 2.45) is 0 Å². The third-order valence-corrected chi connectivity index (χ3v) is 3.99. The monoisotopic (exact) mass is 269 g/mol. The minimum absolute atomic E-state index is 0.0213. The van der Waals surface area contributed by atoms with E-state index in [0.717, 1.165) is 0 Å². The molecule has 0 aliphatic rings. The highest BCUT2D eigenvalue weighted by molar-refractivity contribution is 7.84. The van der Waals surface area contributed by atoms with Crippen molar-refractivity contribution in [3.8, 4) is 0 Å². The first kappa shape index (κ1) is 14.5. The van der Waals surface area contributed by atoms with Crippen LogP contribution in [0.25, 0.3) is 0 Å². The van der Waals surface area contributed by atoms with E-state index in [-0.39, 0.29) is 11.2 Å². The number of nitrogens with two attached hydrogens (primary N) is 1. The van der Waals surface area contributed by atoms with Gasteiger partial charge in [0.2, 0.25) is 0 Å². The van der Waals surface area contributed by atoms with Crippen LogP contribution < -0.4 is 16.4 Å². The van der Waals surface area contributed by atoms with Crippen LogP contribution in [0.2, 0.25) is 0 Å². The SMILES string of the molecule is CNC(=O)c1ccc(N)c(NCC(C)S(C)=O)c1. The molecule has 2 atom stereocenters. The van der Waals surface area contributed by atoms with Crippen LogP contribution in [-0.4, -0.2) is 35.2 Å². The predicted molar refractivity (Wildman–Crippen MR) is 76.3 cm³/mol. The Bertz CT molecular complexity index is 463. The topological polar surface area (TPSA) is 84.2 Å². The van der Waals surface area contributed by atoms with E-state index in [4.69, 9.17) is 5.73 Å². The van der Waals surface area contributed by atoms with Crippen LogP contribution in [0.5, 0.6) is 0 Å². The van der Waals surface area contributed by atoms with Crippen molar-refractivity contribution in [2.45, 2.75) is 12.2 Å². The summed E-state index contributed by atoms with van der Waals surface area (Å²) in [7, 11) is 0.689. The van der Waals surface area contributed by atoms with Crippen LogP contribution in [0.1, 0.15) is 17.3 Å². The number of benzene rings is 1. The molecule has 1 aromatic carbocycles. The Hall–Kier alpha value is -1.56. The van der Waals surface area contributed by atoms with Gasteiger partial charge < -0.3 is 16.4 Å². The first-order valence-electron chi connectivity index (χ1n) is 5.63. The number of nitrogens with one attached hydrogen (secondary N) is 2. The van der Waals surface area contributed by atoms with E-state index in [0.29, 0.717) is 23.5 Å². The Morgan fingerprint density at radius 2 is 2.17 bits per heavy atom. The molecule has 4 N–H and O–H groups in total. The smallest absolute Gasteiger partial charge is 0.251 e. The van der Waals surface area contributed by atoms with Crippen molar-refractivity contribution in [1.29, 1.82) is 0 Å². The molecule has 0 fully saturated rings. The largest absolute Gasteiger partial charge is 0.397 e. The molecular formula is C12H19N3O2S. The molecule has 0 radical (unpaired) electrons. The average molecular weight is 269 g/mol. The lowest BCUT2D eigenvalue weighted by Gasteiger charge is -2.14. The van der Waals surface area contributed by atoms with E-state index in [1.807, 2.05) is 6.92 Å². The van der Waals surface area contributed by atoms with Gasteiger partial charge >= 0.3 is 0 Å². The molecule has 0 heterocycles. The molecule has 1 rings (SSSR count). The fourth-order valence-corrected chi connectivity index (χ4v) is 1.68. The minimum atomic E-state index is -0.889. The standard InChI is InChI=1S/C12H19N3O2S/c1-8(18(3)17)7-15-11-6-9(12(16)14-2)4-5-10(11)13/h4-6,8,15H,7,13H2,1-3H3,(H,14,16). The number of carbonyl (C=O) groups excluding carboxylic acids is 1. The number of nitrogen functional groups attached to an aromatic ring is 1. The first-order chi connectivity index (χ1) is 8.45. The maximum Gasteiger partial charge on any atom is 0.251 e. The van der Waals surface area contributed by atoms with Gasteiger partial charge in [-0.25, -0.2) is 0 Å². The quantitative estimate of drug-likeness (QED) is 0.691. The van der Waals surface area contributed by atoms with Crippen LogP contribution in [0, 0.1) is 0 Å². The van der Waals surface area contributed by atoms with Crippen LogP contribution in [-0.2, 0) is 10.8 Å². The Balaban J connectivity index is 2.81. The molecule has 6 heteroatoms. The van der Waals surface area contributed by atoms with Crippen molar-refractivity contribution in [2.75, 3.05) is 30.9 Å². The molecule has 0 saturated carbocycles. The molecule has 0 aromatic heterocycles. The van der Waals surface area contributed by atoms with E-state index >= 15 is 0 Å². The molecule has 0 saturated heterocycles. The molecule has 100 valence electrons. The van der Waals surface area contributed by atoms with Gasteiger partial charge in [-0.3, -0.25) is 9.00 Å². The zero-order chi connectivity index (χ0) is 13.7. The molecule has 0 aliphatic heterocycles. The summed E-state index contributed by atoms with van der Waals surface area (Å²) >= 11 is 0. The molecule has 0 aliphatic carbocycles. The van der Waals surface area contributed by atoms with Gasteiger partial charge in [-0.2, -0.15) is 0 Å². The van der Waals surface area contributed by atoms with E-state index < -0.39 is 10.8 Å². The maximum atomic E-state index is 11.5. The van der Waals surface area contributed by atoms with Gasteiger partial charge in [0.1, 0.15) is 0 Å². The van der Waals surface area contributed by atoms with Crippen molar-refractivity contribution >= 4 is 28.1 Å². The molecule has 1 aromatic rings. The normalized spacial score (nSPS) is 13.7. The van der Waals surface area contributed by atoms with E-state index in [2.05, 4.69) is 10.6 Å². The Morgan fingerprint density at radius 1 is 1.50 bits per heavy atom. The van der Waals surface area contributed by atoms with Crippen LogP contribution in [0.4, 0.5) is 11.4 Å². The molecule has 0 spiro atoms. The summed E-state index contributed by atoms with van der Waals surface area (Å²) in [6.07, 6.45) is 1.66. The summed E-state index contributed by atoms with van der Waals surface area (Å²) in [5.41, 5.74) is 7.62. The minimum Gasteiger partial charge on any atom is -0.397 e. The Morgan fingerprint density at radius 3 is 2.72 bits per heavy atom. The van der Waals surface area contributed by atoms with Crippen molar-refractivity contribution < 1.29 is 9.00 Å². The number of rotatable bonds is 5. The molecule has 18 heavy (non-hydrogen) atoms. The van der Waals surface area contributed by atoms with Crippen LogP contribution in [0.3, 0.4) is 0 Å². The number of hydrogen-bond donors (Lipinski definition) is 3. The van der Waals surface area contributed by atoms with Crippen molar-refractivity contribution in [3.63, 3.8) is 0 Å². The lowest BCUT2D eigenvalue weighted by atomic mass is 10.1. The summed E-state index contributed by atoms with van der Waals surface area (Å²) in [5.74, 6) is -0.162. The van der Waals surface area contributed by atoms with Gasteiger partial charge in [0.05, 0.1) is 11.4 Å². The number of hydrogen-bond acceptors (Lipinski definition) is 4. The average Bonchev–Trinajstić information content (AvgIpc) is 2.36. The Kier molecular flexibility index (Phi) is 5.15. The number of amides is 1. The summed E-state index contributed by atoms with van der Waals surface area (Å²) in [4.78, 5) is 11.5. The summed E-state index contributed by atoms with van der Waals surface area (Å²) in [6.45, 7) is 2.44. The number of carbonyl (C=O) groups is 1. The van der Waals surface area contributed by atoms with Gasteiger partial charge in [0.25, 0.3) is 5.91 Å². The molecule has 0 bridgehead atoms. The van der Waals surface area contributed by atoms with Crippen molar-refractivity contribution in [1.82, 2.24) is 5.32 Å². The molecular weight excluding hydrogens is 250 g/mol. The van der Waals surface area contributed by atoms with Crippen LogP contribution >= 0.6 is 0 Å². The molecule has 1 amide bonds.